The summed E-state index contributed by atoms with van der Waals surface area (Å²) < 4.78 is 0. The van der Waals surface area contributed by atoms with Gasteiger partial charge in [0.2, 0.25) is 0 Å². The van der Waals surface area contributed by atoms with Crippen molar-refractivity contribution in [1.29, 1.82) is 0 Å². The van der Waals surface area contributed by atoms with E-state index in [4.69, 9.17) is 0 Å². The summed E-state index contributed by atoms with van der Waals surface area (Å²) in [5.74, 6) is 2.14. The Balaban J connectivity index is 1.65. The molecule has 2 unspecified atom stereocenters. The molecule has 4 rings (SSSR count). The van der Waals surface area contributed by atoms with Crippen molar-refractivity contribution >= 4 is 0 Å². The van der Waals surface area contributed by atoms with Crippen LogP contribution in [0.15, 0.2) is 0 Å². The molecule has 0 radical (unpaired) electrons. The molecule has 0 spiro atoms. The number of hydrogen-bond donors (Lipinski definition) is 1. The molecular weight excluding hydrogens is 196 g/mol. The van der Waals surface area contributed by atoms with Crippen molar-refractivity contribution in [3.63, 3.8) is 0 Å². The van der Waals surface area contributed by atoms with E-state index < -0.39 is 0 Å². The van der Waals surface area contributed by atoms with Crippen LogP contribution in [0.3, 0.4) is 0 Å². The highest BCUT2D eigenvalue weighted by Crippen LogP contribution is 2.70. The summed E-state index contributed by atoms with van der Waals surface area (Å²) in [6.45, 7) is 7.64. The van der Waals surface area contributed by atoms with Gasteiger partial charge in [0.15, 0.2) is 0 Å². The van der Waals surface area contributed by atoms with Gasteiger partial charge < -0.3 is 5.32 Å². The predicted molar refractivity (Wildman–Crippen MR) is 65.3 cm³/mol. The minimum atomic E-state index is 0.642. The van der Waals surface area contributed by atoms with E-state index in [9.17, 15) is 0 Å². The molecule has 2 atom stereocenters. The van der Waals surface area contributed by atoms with Crippen molar-refractivity contribution in [3.8, 4) is 0 Å². The van der Waals surface area contributed by atoms with Gasteiger partial charge in [0.25, 0.3) is 0 Å². The molecule has 16 heavy (non-hydrogen) atoms. The molecule has 2 heteroatoms. The molecule has 0 aromatic rings. The van der Waals surface area contributed by atoms with Crippen LogP contribution in [-0.2, 0) is 0 Å². The van der Waals surface area contributed by atoms with Gasteiger partial charge in [-0.2, -0.15) is 0 Å². The lowest BCUT2D eigenvalue weighted by Crippen LogP contribution is -2.54. The van der Waals surface area contributed by atoms with Gasteiger partial charge in [-0.15, -0.1) is 0 Å². The third kappa shape index (κ3) is 1.06. The van der Waals surface area contributed by atoms with Crippen LogP contribution in [0.1, 0.15) is 39.0 Å². The van der Waals surface area contributed by atoms with Crippen molar-refractivity contribution in [2.24, 2.45) is 17.3 Å². The van der Waals surface area contributed by atoms with Crippen LogP contribution in [0.25, 0.3) is 0 Å². The Morgan fingerprint density at radius 1 is 1.06 bits per heavy atom. The highest BCUT2D eigenvalue weighted by Gasteiger charge is 2.66. The Morgan fingerprint density at radius 3 is 2.25 bits per heavy atom. The molecule has 2 nitrogen and oxygen atoms in total. The zero-order valence-corrected chi connectivity index (χ0v) is 10.5. The van der Waals surface area contributed by atoms with E-state index in [0.29, 0.717) is 5.54 Å². The fraction of sp³-hybridized carbons (Fsp3) is 1.00. The fourth-order valence-corrected chi connectivity index (χ4v) is 5.72. The number of nitrogens with zero attached hydrogens (tertiary/aromatic N) is 1. The summed E-state index contributed by atoms with van der Waals surface area (Å²) in [5.41, 5.74) is 1.38. The quantitative estimate of drug-likeness (QED) is 0.725. The van der Waals surface area contributed by atoms with Crippen molar-refractivity contribution in [1.82, 2.24) is 10.2 Å². The minimum absolute atomic E-state index is 0.642. The second kappa shape index (κ2) is 3.02. The van der Waals surface area contributed by atoms with Crippen LogP contribution >= 0.6 is 0 Å². The average molecular weight is 220 g/mol. The summed E-state index contributed by atoms with van der Waals surface area (Å²) in [7, 11) is 0. The number of hydrogen-bond acceptors (Lipinski definition) is 2. The van der Waals surface area contributed by atoms with Gasteiger partial charge >= 0.3 is 0 Å². The zero-order chi connectivity index (χ0) is 10.8. The Morgan fingerprint density at radius 2 is 1.69 bits per heavy atom. The first kappa shape index (κ1) is 9.90. The molecule has 90 valence electrons. The van der Waals surface area contributed by atoms with E-state index in [1.54, 1.807) is 0 Å². The normalized spacial score (nSPS) is 56.1. The zero-order valence-electron chi connectivity index (χ0n) is 10.5. The van der Waals surface area contributed by atoms with Crippen molar-refractivity contribution in [3.05, 3.63) is 0 Å². The second-order valence-corrected chi connectivity index (χ2v) is 7.02. The van der Waals surface area contributed by atoms with Crippen molar-refractivity contribution in [2.45, 2.75) is 44.6 Å². The summed E-state index contributed by atoms with van der Waals surface area (Å²) in [6, 6.07) is 0. The van der Waals surface area contributed by atoms with Gasteiger partial charge in [0, 0.05) is 31.7 Å². The molecule has 4 aliphatic rings. The second-order valence-electron chi connectivity index (χ2n) is 7.02. The van der Waals surface area contributed by atoms with E-state index in [2.05, 4.69) is 17.1 Å². The largest absolute Gasteiger partial charge is 0.314 e. The van der Waals surface area contributed by atoms with Crippen molar-refractivity contribution in [2.75, 3.05) is 26.2 Å². The van der Waals surface area contributed by atoms with Gasteiger partial charge in [-0.1, -0.05) is 6.92 Å². The maximum absolute atomic E-state index is 3.50. The third-order valence-corrected chi connectivity index (χ3v) is 6.48. The predicted octanol–water partition coefficient (Wildman–Crippen LogP) is 1.86. The van der Waals surface area contributed by atoms with Crippen LogP contribution in [0, 0.1) is 17.3 Å². The Labute approximate surface area is 98.8 Å². The maximum atomic E-state index is 3.50. The lowest BCUT2D eigenvalue weighted by Gasteiger charge is -2.43. The van der Waals surface area contributed by atoms with E-state index >= 15 is 0 Å². The Bertz CT molecular complexity index is 292. The molecule has 0 aromatic carbocycles. The Kier molecular flexibility index (Phi) is 1.87. The Hall–Kier alpha value is -0.0800. The van der Waals surface area contributed by atoms with Gasteiger partial charge in [-0.05, 0) is 49.4 Å². The van der Waals surface area contributed by atoms with Gasteiger partial charge in [0.1, 0.15) is 0 Å². The molecule has 1 saturated heterocycles. The van der Waals surface area contributed by atoms with E-state index in [1.165, 1.54) is 58.3 Å². The number of rotatable bonds is 1. The lowest BCUT2D eigenvalue weighted by atomic mass is 9.75. The average Bonchev–Trinajstić information content (AvgIpc) is 2.77. The molecule has 1 aliphatic heterocycles. The highest BCUT2D eigenvalue weighted by atomic mass is 15.3. The fourth-order valence-electron chi connectivity index (χ4n) is 5.72. The van der Waals surface area contributed by atoms with Gasteiger partial charge in [-0.3, -0.25) is 4.90 Å². The summed E-state index contributed by atoms with van der Waals surface area (Å²) >= 11 is 0. The van der Waals surface area contributed by atoms with Crippen molar-refractivity contribution < 1.29 is 0 Å². The monoisotopic (exact) mass is 220 g/mol. The molecule has 0 aromatic heterocycles. The molecular formula is C14H24N2. The van der Waals surface area contributed by atoms with Crippen LogP contribution in [0.4, 0.5) is 0 Å². The summed E-state index contributed by atoms with van der Waals surface area (Å²) in [6.07, 6.45) is 7.65. The van der Waals surface area contributed by atoms with E-state index in [-0.39, 0.29) is 0 Å². The van der Waals surface area contributed by atoms with Crippen LogP contribution < -0.4 is 5.32 Å². The standard InChI is InChI=1S/C14H24N2/c1-13-10-14(16-6-4-15-5-7-16)8-11(13)2-3-12(13)9-14/h11-12,15H,2-10H2,1H3. The maximum Gasteiger partial charge on any atom is 0.0221 e. The SMILES string of the molecule is CC12CC3(N4CCNCC4)CC1CCC2C3. The van der Waals surface area contributed by atoms with E-state index in [0.717, 1.165) is 17.3 Å². The smallest absolute Gasteiger partial charge is 0.0221 e. The van der Waals surface area contributed by atoms with Crippen LogP contribution in [0.2, 0.25) is 0 Å². The number of nitrogens with one attached hydrogen (secondary N) is 1. The molecule has 4 fully saturated rings. The molecule has 2 bridgehead atoms. The molecule has 3 saturated carbocycles. The van der Waals surface area contributed by atoms with Crippen LogP contribution in [-0.4, -0.2) is 36.6 Å². The highest BCUT2D eigenvalue weighted by molar-refractivity contribution is 5.19. The first-order valence-corrected chi connectivity index (χ1v) is 7.19. The first-order valence-electron chi connectivity index (χ1n) is 7.19. The summed E-state index contributed by atoms with van der Waals surface area (Å²) in [5, 5.41) is 3.50. The number of piperazine rings is 1. The topological polar surface area (TPSA) is 15.3 Å². The van der Waals surface area contributed by atoms with E-state index in [1.807, 2.05) is 0 Å². The molecule has 0 amide bonds. The minimum Gasteiger partial charge on any atom is -0.314 e. The van der Waals surface area contributed by atoms with Gasteiger partial charge in [-0.25, -0.2) is 0 Å². The molecule has 3 aliphatic carbocycles. The first-order chi connectivity index (χ1) is 7.73. The van der Waals surface area contributed by atoms with Crippen LogP contribution in [0.5, 0.6) is 0 Å². The summed E-state index contributed by atoms with van der Waals surface area (Å²) in [4.78, 5) is 2.85. The van der Waals surface area contributed by atoms with Gasteiger partial charge in [0.05, 0.1) is 0 Å². The lowest BCUT2D eigenvalue weighted by molar-refractivity contribution is 0.0676. The molecule has 1 N–H and O–H groups in total. The molecule has 1 heterocycles. The third-order valence-electron chi connectivity index (χ3n) is 6.48. The number of fused-ring (bicyclic) bond motifs is 1.